The van der Waals surface area contributed by atoms with Gasteiger partial charge in [0.1, 0.15) is 5.84 Å². The highest BCUT2D eigenvalue weighted by Crippen LogP contribution is 2.32. The largest absolute Gasteiger partial charge is 0.493 e. The van der Waals surface area contributed by atoms with E-state index >= 15 is 0 Å². The average Bonchev–Trinajstić information content (AvgIpc) is 3.27. The van der Waals surface area contributed by atoms with Crippen LogP contribution in [0.25, 0.3) is 6.08 Å². The monoisotopic (exact) mass is 526 g/mol. The zero-order chi connectivity index (χ0) is 26.2. The molecule has 186 valence electrons. The third kappa shape index (κ3) is 4.95. The fourth-order valence-corrected chi connectivity index (χ4v) is 5.27. The molecular weight excluding hydrogens is 504 g/mol. The summed E-state index contributed by atoms with van der Waals surface area (Å²) in [6, 6.07) is 11.7. The first-order chi connectivity index (χ1) is 17.0. The fourth-order valence-electron chi connectivity index (χ4n) is 3.43. The minimum absolute atomic E-state index is 0.00356. The molecule has 0 atom stereocenters. The van der Waals surface area contributed by atoms with Gasteiger partial charge in [0.05, 0.1) is 30.2 Å². The summed E-state index contributed by atoms with van der Waals surface area (Å²) in [5.74, 6) is -0.890. The Balaban J connectivity index is 1.59. The van der Waals surface area contributed by atoms with Crippen LogP contribution in [0.4, 0.5) is 0 Å². The molecule has 4 rings (SSSR count). The van der Waals surface area contributed by atoms with E-state index in [1.54, 1.807) is 18.2 Å². The third-order valence-electron chi connectivity index (χ3n) is 5.34. The lowest BCUT2D eigenvalue weighted by atomic mass is 10.0. The first-order valence-corrected chi connectivity index (χ1v) is 13.3. The van der Waals surface area contributed by atoms with Gasteiger partial charge in [0, 0.05) is 6.26 Å². The summed E-state index contributed by atoms with van der Waals surface area (Å²) in [6.07, 6.45) is 2.35. The number of hydrogen-bond donors (Lipinski definition) is 1. The van der Waals surface area contributed by atoms with Crippen LogP contribution in [0.3, 0.4) is 0 Å². The van der Waals surface area contributed by atoms with E-state index in [0.29, 0.717) is 17.0 Å². The van der Waals surface area contributed by atoms with Gasteiger partial charge in [-0.15, -0.1) is 0 Å². The van der Waals surface area contributed by atoms with Crippen LogP contribution in [-0.2, 0) is 14.6 Å². The summed E-state index contributed by atoms with van der Waals surface area (Å²) in [7, 11) is -2.35. The number of aliphatic imine (C=N–C) groups is 1. The molecule has 0 bridgehead atoms. The van der Waals surface area contributed by atoms with Crippen molar-refractivity contribution >= 4 is 55.9 Å². The Morgan fingerprint density at radius 3 is 2.44 bits per heavy atom. The second kappa shape index (κ2) is 9.70. The second-order valence-electron chi connectivity index (χ2n) is 8.26. The van der Waals surface area contributed by atoms with Crippen molar-refractivity contribution in [3.63, 3.8) is 0 Å². The standard InChI is InChI=1S/C24H22N4O6S2/c1-13(2)15-6-8-16(9-7-15)22(30)34-18-10-5-14(12-19(18)33-3)11-17-20(25)28-23(26-21(17)29)35-27-24(28)36(4,31)32/h5-13,25H,1-4H3/b17-11-,25-20?. The smallest absolute Gasteiger partial charge is 0.343 e. The maximum Gasteiger partial charge on any atom is 0.343 e. The first kappa shape index (κ1) is 25.3. The number of hydrogen-bond acceptors (Lipinski definition) is 9. The number of amidine groups is 3. The molecule has 2 aliphatic rings. The average molecular weight is 527 g/mol. The normalized spacial score (nSPS) is 16.7. The van der Waals surface area contributed by atoms with Crippen LogP contribution >= 0.6 is 11.9 Å². The molecule has 0 fully saturated rings. The zero-order valence-electron chi connectivity index (χ0n) is 19.8. The summed E-state index contributed by atoms with van der Waals surface area (Å²) in [4.78, 5) is 30.1. The molecule has 0 radical (unpaired) electrons. The molecule has 0 unspecified atom stereocenters. The van der Waals surface area contributed by atoms with Gasteiger partial charge in [-0.3, -0.25) is 10.2 Å². The third-order valence-corrected chi connectivity index (χ3v) is 7.09. The number of benzene rings is 2. The molecule has 0 saturated heterocycles. The SMILES string of the molecule is COc1cc(/C=C2/C(=N)N3C(=NC2=O)SN=C3S(C)(=O)=O)ccc1OC(=O)c1ccc(C(C)C)cc1. The molecule has 2 aliphatic heterocycles. The van der Waals surface area contributed by atoms with Crippen LogP contribution in [-0.4, -0.2) is 54.7 Å². The molecule has 0 saturated carbocycles. The van der Waals surface area contributed by atoms with Crippen LogP contribution in [0, 0.1) is 5.41 Å². The van der Waals surface area contributed by atoms with Gasteiger partial charge in [-0.05, 0) is 47.4 Å². The van der Waals surface area contributed by atoms with E-state index in [1.807, 2.05) is 12.1 Å². The number of carbonyl (C=O) groups is 2. The van der Waals surface area contributed by atoms with Gasteiger partial charge in [0.15, 0.2) is 11.5 Å². The van der Waals surface area contributed by atoms with E-state index in [9.17, 15) is 18.0 Å². The maximum absolute atomic E-state index is 12.6. The summed E-state index contributed by atoms with van der Waals surface area (Å²) < 4.78 is 38.8. The van der Waals surface area contributed by atoms with Crippen LogP contribution in [0.15, 0.2) is 57.4 Å². The lowest BCUT2D eigenvalue weighted by Gasteiger charge is -2.23. The Morgan fingerprint density at radius 2 is 1.83 bits per heavy atom. The van der Waals surface area contributed by atoms with Crippen LogP contribution in [0.2, 0.25) is 0 Å². The summed E-state index contributed by atoms with van der Waals surface area (Å²) in [5.41, 5.74) is 1.80. The van der Waals surface area contributed by atoms with Gasteiger partial charge < -0.3 is 9.47 Å². The zero-order valence-corrected chi connectivity index (χ0v) is 21.4. The van der Waals surface area contributed by atoms with Crippen molar-refractivity contribution in [1.82, 2.24) is 4.90 Å². The highest BCUT2D eigenvalue weighted by molar-refractivity contribution is 8.16. The fraction of sp³-hybridized carbons (Fsp3) is 0.208. The van der Waals surface area contributed by atoms with Gasteiger partial charge in [-0.2, -0.15) is 9.39 Å². The molecule has 0 aromatic heterocycles. The highest BCUT2D eigenvalue weighted by Gasteiger charge is 2.41. The molecule has 1 amide bonds. The van der Waals surface area contributed by atoms with E-state index in [4.69, 9.17) is 14.9 Å². The number of rotatable bonds is 5. The van der Waals surface area contributed by atoms with Crippen molar-refractivity contribution in [3.05, 3.63) is 64.7 Å². The summed E-state index contributed by atoms with van der Waals surface area (Å²) >= 11 is 0.718. The molecule has 0 spiro atoms. The number of esters is 1. The topological polar surface area (TPSA) is 139 Å². The number of amides is 1. The Hall–Kier alpha value is -3.77. The second-order valence-corrected chi connectivity index (χ2v) is 10.9. The Labute approximate surface area is 212 Å². The minimum Gasteiger partial charge on any atom is -0.493 e. The van der Waals surface area contributed by atoms with Crippen molar-refractivity contribution in [2.45, 2.75) is 19.8 Å². The quantitative estimate of drug-likeness (QED) is 0.270. The van der Waals surface area contributed by atoms with Crippen LogP contribution < -0.4 is 9.47 Å². The van der Waals surface area contributed by atoms with Crippen LogP contribution in [0.5, 0.6) is 11.5 Å². The first-order valence-electron chi connectivity index (χ1n) is 10.7. The molecule has 2 heterocycles. The number of sulfone groups is 1. The van der Waals surface area contributed by atoms with Gasteiger partial charge in [-0.25, -0.2) is 18.1 Å². The van der Waals surface area contributed by atoms with Gasteiger partial charge >= 0.3 is 5.97 Å². The predicted molar refractivity (Wildman–Crippen MR) is 138 cm³/mol. The Morgan fingerprint density at radius 1 is 1.14 bits per heavy atom. The molecule has 2 aromatic rings. The number of nitrogens with zero attached hydrogens (tertiary/aromatic N) is 3. The van der Waals surface area contributed by atoms with Crippen LogP contribution in [0.1, 0.15) is 41.3 Å². The van der Waals surface area contributed by atoms with E-state index in [0.717, 1.165) is 28.7 Å². The van der Waals surface area contributed by atoms with Gasteiger partial charge in [-0.1, -0.05) is 32.0 Å². The van der Waals surface area contributed by atoms with Gasteiger partial charge in [0.25, 0.3) is 5.91 Å². The Kier molecular flexibility index (Phi) is 6.83. The molecule has 2 aromatic carbocycles. The summed E-state index contributed by atoms with van der Waals surface area (Å²) in [5, 5.41) is 8.07. The predicted octanol–water partition coefficient (Wildman–Crippen LogP) is 3.66. The van der Waals surface area contributed by atoms with E-state index in [1.165, 1.54) is 25.3 Å². The van der Waals surface area contributed by atoms with E-state index in [2.05, 4.69) is 23.2 Å². The van der Waals surface area contributed by atoms with Crippen molar-refractivity contribution < 1.29 is 27.5 Å². The maximum atomic E-state index is 12.6. The number of fused-ring (bicyclic) bond motifs is 1. The van der Waals surface area contributed by atoms with Crippen molar-refractivity contribution in [1.29, 1.82) is 5.41 Å². The van der Waals surface area contributed by atoms with E-state index < -0.39 is 21.7 Å². The van der Waals surface area contributed by atoms with Crippen molar-refractivity contribution in [2.75, 3.05) is 13.4 Å². The minimum atomic E-state index is -3.75. The number of ether oxygens (including phenoxy) is 2. The van der Waals surface area contributed by atoms with Gasteiger partial charge in [0.2, 0.25) is 20.2 Å². The lowest BCUT2D eigenvalue weighted by molar-refractivity contribution is -0.114. The molecular formula is C24H22N4O6S2. The molecule has 36 heavy (non-hydrogen) atoms. The number of carbonyl (C=O) groups excluding carboxylic acids is 2. The van der Waals surface area contributed by atoms with E-state index in [-0.39, 0.29) is 33.2 Å². The van der Waals surface area contributed by atoms with Crippen molar-refractivity contribution in [3.8, 4) is 11.5 Å². The molecule has 12 heteroatoms. The molecule has 0 aliphatic carbocycles. The molecule has 1 N–H and O–H groups in total. The van der Waals surface area contributed by atoms with Crippen molar-refractivity contribution in [2.24, 2.45) is 9.39 Å². The lowest BCUT2D eigenvalue weighted by Crippen LogP contribution is -2.45. The number of nitrogens with one attached hydrogen (secondary N) is 1. The number of methoxy groups -OCH3 is 1. The molecule has 10 nitrogen and oxygen atoms in total. The Bertz CT molecular complexity index is 1470. The summed E-state index contributed by atoms with van der Waals surface area (Å²) in [6.45, 7) is 4.12. The highest BCUT2D eigenvalue weighted by atomic mass is 32.2.